The lowest BCUT2D eigenvalue weighted by atomic mass is 9.72. The Morgan fingerprint density at radius 3 is 2.62 bits per heavy atom. The molecule has 2 saturated heterocycles. The monoisotopic (exact) mass is 458 g/mol. The van der Waals surface area contributed by atoms with E-state index in [9.17, 15) is 4.79 Å². The first kappa shape index (κ1) is 23.0. The van der Waals surface area contributed by atoms with Crippen molar-refractivity contribution in [1.82, 2.24) is 9.88 Å². The van der Waals surface area contributed by atoms with Crippen LogP contribution < -0.4 is 0 Å². The maximum absolute atomic E-state index is 14.3. The van der Waals surface area contributed by atoms with Gasteiger partial charge >= 0.3 is 0 Å². The van der Waals surface area contributed by atoms with Crippen LogP contribution in [0.1, 0.15) is 35.1 Å². The number of aryl methyl sites for hydroxylation is 2. The SMILES string of the molecule is Cc1cc(C)cc(C2(C(=O)N3CCOC[C@H](Cc4cccc5ncccc45)C3)CCOCC2)c1. The van der Waals surface area contributed by atoms with Crippen molar-refractivity contribution in [2.45, 2.75) is 38.5 Å². The smallest absolute Gasteiger partial charge is 0.233 e. The van der Waals surface area contributed by atoms with Crippen LogP contribution in [0.3, 0.4) is 0 Å². The minimum Gasteiger partial charge on any atom is -0.381 e. The predicted octanol–water partition coefficient (Wildman–Crippen LogP) is 4.62. The molecule has 1 amide bonds. The Labute approximate surface area is 202 Å². The number of hydrogen-bond donors (Lipinski definition) is 0. The summed E-state index contributed by atoms with van der Waals surface area (Å²) in [6.45, 7) is 8.07. The zero-order chi connectivity index (χ0) is 23.5. The van der Waals surface area contributed by atoms with Gasteiger partial charge in [-0.2, -0.15) is 0 Å². The number of benzene rings is 2. The Balaban J connectivity index is 1.42. The molecule has 0 spiro atoms. The van der Waals surface area contributed by atoms with Crippen molar-refractivity contribution in [3.05, 3.63) is 77.0 Å². The molecule has 1 atom stereocenters. The topological polar surface area (TPSA) is 51.7 Å². The number of nitrogens with zero attached hydrogens (tertiary/aromatic N) is 2. The second-order valence-electron chi connectivity index (χ2n) is 9.95. The van der Waals surface area contributed by atoms with E-state index >= 15 is 0 Å². The lowest BCUT2D eigenvalue weighted by Gasteiger charge is -2.40. The Morgan fingerprint density at radius 1 is 1.03 bits per heavy atom. The molecular formula is C29H34N2O3. The van der Waals surface area contributed by atoms with Gasteiger partial charge in [0.2, 0.25) is 5.91 Å². The minimum atomic E-state index is -0.521. The van der Waals surface area contributed by atoms with Gasteiger partial charge in [0.1, 0.15) is 0 Å². The average molecular weight is 459 g/mol. The van der Waals surface area contributed by atoms with Crippen molar-refractivity contribution in [2.24, 2.45) is 5.92 Å². The van der Waals surface area contributed by atoms with E-state index in [0.29, 0.717) is 39.5 Å². The first-order valence-electron chi connectivity index (χ1n) is 12.4. The quantitative estimate of drug-likeness (QED) is 0.573. The van der Waals surface area contributed by atoms with Crippen molar-refractivity contribution in [3.63, 3.8) is 0 Å². The zero-order valence-corrected chi connectivity index (χ0v) is 20.3. The van der Waals surface area contributed by atoms with Crippen LogP contribution in [0, 0.1) is 19.8 Å². The standard InChI is InChI=1S/C29H34N2O3/c1-21-15-22(2)17-25(16-21)29(8-12-33-13-9-29)28(32)31-11-14-34-20-23(19-31)18-24-5-3-7-27-26(24)6-4-10-30-27/h3-7,10,15-17,23H,8-9,11-14,18-20H2,1-2H3/t23-/m1/s1. The van der Waals surface area contributed by atoms with Gasteiger partial charge < -0.3 is 14.4 Å². The van der Waals surface area contributed by atoms with E-state index in [4.69, 9.17) is 9.47 Å². The van der Waals surface area contributed by atoms with Gasteiger partial charge in [-0.25, -0.2) is 0 Å². The number of rotatable bonds is 4. The van der Waals surface area contributed by atoms with E-state index in [1.54, 1.807) is 0 Å². The van der Waals surface area contributed by atoms with Crippen molar-refractivity contribution in [2.75, 3.05) is 39.5 Å². The number of ether oxygens (including phenoxy) is 2. The van der Waals surface area contributed by atoms with Crippen LogP contribution in [0.4, 0.5) is 0 Å². The molecule has 5 rings (SSSR count). The summed E-state index contributed by atoms with van der Waals surface area (Å²) in [4.78, 5) is 20.8. The summed E-state index contributed by atoms with van der Waals surface area (Å²) in [6, 6.07) is 17.0. The van der Waals surface area contributed by atoms with Crippen molar-refractivity contribution in [3.8, 4) is 0 Å². The van der Waals surface area contributed by atoms with E-state index in [0.717, 1.165) is 30.3 Å². The third-order valence-corrected chi connectivity index (χ3v) is 7.40. The summed E-state index contributed by atoms with van der Waals surface area (Å²) in [5.74, 6) is 0.476. The highest BCUT2D eigenvalue weighted by molar-refractivity contribution is 5.89. The highest BCUT2D eigenvalue weighted by atomic mass is 16.5. The van der Waals surface area contributed by atoms with Gasteiger partial charge in [-0.05, 0) is 56.4 Å². The van der Waals surface area contributed by atoms with Crippen LogP contribution in [0.15, 0.2) is 54.7 Å². The van der Waals surface area contributed by atoms with Crippen LogP contribution in [0.25, 0.3) is 10.9 Å². The van der Waals surface area contributed by atoms with E-state index in [2.05, 4.69) is 66.2 Å². The summed E-state index contributed by atoms with van der Waals surface area (Å²) in [5.41, 5.74) is 5.31. The highest BCUT2D eigenvalue weighted by Crippen LogP contribution is 2.38. The lowest BCUT2D eigenvalue weighted by molar-refractivity contribution is -0.141. The Hall–Kier alpha value is -2.76. The summed E-state index contributed by atoms with van der Waals surface area (Å²) in [7, 11) is 0. The Bertz CT molecular complexity index is 1140. The van der Waals surface area contributed by atoms with E-state index in [1.165, 1.54) is 22.1 Å². The third-order valence-electron chi connectivity index (χ3n) is 7.40. The summed E-state index contributed by atoms with van der Waals surface area (Å²) >= 11 is 0. The minimum absolute atomic E-state index is 0.232. The van der Waals surface area contributed by atoms with E-state index in [-0.39, 0.29) is 11.8 Å². The molecular weight excluding hydrogens is 424 g/mol. The molecule has 2 aliphatic heterocycles. The molecule has 0 radical (unpaired) electrons. The van der Waals surface area contributed by atoms with Crippen LogP contribution in [0.2, 0.25) is 0 Å². The van der Waals surface area contributed by atoms with Gasteiger partial charge in [0.25, 0.3) is 0 Å². The van der Waals surface area contributed by atoms with Gasteiger partial charge in [-0.1, -0.05) is 47.5 Å². The second kappa shape index (κ2) is 9.85. The molecule has 34 heavy (non-hydrogen) atoms. The van der Waals surface area contributed by atoms with Crippen molar-refractivity contribution in [1.29, 1.82) is 0 Å². The molecule has 1 aromatic heterocycles. The zero-order valence-electron chi connectivity index (χ0n) is 20.3. The Kier molecular flexibility index (Phi) is 6.66. The van der Waals surface area contributed by atoms with E-state index < -0.39 is 5.41 Å². The van der Waals surface area contributed by atoms with Crippen LogP contribution >= 0.6 is 0 Å². The number of amides is 1. The number of carbonyl (C=O) groups is 1. The first-order chi connectivity index (χ1) is 16.5. The van der Waals surface area contributed by atoms with Crippen molar-refractivity contribution >= 4 is 16.8 Å². The molecule has 3 heterocycles. The van der Waals surface area contributed by atoms with Crippen LogP contribution in [0.5, 0.6) is 0 Å². The fourth-order valence-electron chi connectivity index (χ4n) is 5.74. The molecule has 2 aromatic carbocycles. The molecule has 0 saturated carbocycles. The Morgan fingerprint density at radius 2 is 1.82 bits per heavy atom. The lowest BCUT2D eigenvalue weighted by Crippen LogP contribution is -2.51. The van der Waals surface area contributed by atoms with Gasteiger partial charge in [0, 0.05) is 43.8 Å². The molecule has 0 N–H and O–H groups in total. The summed E-state index contributed by atoms with van der Waals surface area (Å²) in [5, 5.41) is 1.18. The molecule has 3 aromatic rings. The first-order valence-corrected chi connectivity index (χ1v) is 12.4. The van der Waals surface area contributed by atoms with Crippen molar-refractivity contribution < 1.29 is 14.3 Å². The molecule has 2 aliphatic rings. The number of aromatic nitrogens is 1. The number of fused-ring (bicyclic) bond motifs is 1. The fraction of sp³-hybridized carbons (Fsp3) is 0.448. The predicted molar refractivity (Wildman–Crippen MR) is 134 cm³/mol. The number of pyridine rings is 1. The molecule has 2 fully saturated rings. The molecule has 5 heteroatoms. The molecule has 178 valence electrons. The van der Waals surface area contributed by atoms with Gasteiger partial charge in [-0.3, -0.25) is 9.78 Å². The van der Waals surface area contributed by atoms with Crippen LogP contribution in [-0.2, 0) is 26.1 Å². The largest absolute Gasteiger partial charge is 0.381 e. The van der Waals surface area contributed by atoms with Crippen LogP contribution in [-0.4, -0.2) is 55.3 Å². The third kappa shape index (κ3) is 4.59. The van der Waals surface area contributed by atoms with E-state index in [1.807, 2.05) is 12.3 Å². The van der Waals surface area contributed by atoms with Gasteiger partial charge in [0.15, 0.2) is 0 Å². The average Bonchev–Trinajstić information content (AvgIpc) is 3.09. The fourth-order valence-corrected chi connectivity index (χ4v) is 5.74. The molecule has 5 nitrogen and oxygen atoms in total. The second-order valence-corrected chi connectivity index (χ2v) is 9.95. The maximum atomic E-state index is 14.3. The normalized spacial score (nSPS) is 20.8. The van der Waals surface area contributed by atoms with Gasteiger partial charge in [-0.15, -0.1) is 0 Å². The summed E-state index contributed by atoms with van der Waals surface area (Å²) < 4.78 is 11.7. The highest BCUT2D eigenvalue weighted by Gasteiger charge is 2.44. The number of hydrogen-bond acceptors (Lipinski definition) is 4. The summed E-state index contributed by atoms with van der Waals surface area (Å²) in [6.07, 6.45) is 4.16. The molecule has 0 bridgehead atoms. The van der Waals surface area contributed by atoms with Gasteiger partial charge in [0.05, 0.1) is 24.1 Å². The molecule has 0 aliphatic carbocycles. The number of carbonyl (C=O) groups excluding carboxylic acids is 1. The maximum Gasteiger partial charge on any atom is 0.233 e. The molecule has 0 unspecified atom stereocenters.